The van der Waals surface area contributed by atoms with Gasteiger partial charge in [0.2, 0.25) is 5.91 Å². The van der Waals surface area contributed by atoms with Crippen LogP contribution in [0, 0.1) is 5.92 Å². The van der Waals surface area contributed by atoms with Crippen molar-refractivity contribution in [2.24, 2.45) is 11.7 Å². The average Bonchev–Trinajstić information content (AvgIpc) is 3.55. The Balaban J connectivity index is 0.00000140. The summed E-state index contributed by atoms with van der Waals surface area (Å²) in [4.78, 5) is 19.5. The van der Waals surface area contributed by atoms with Crippen molar-refractivity contribution in [1.29, 1.82) is 0 Å². The number of rotatable bonds is 14. The summed E-state index contributed by atoms with van der Waals surface area (Å²) >= 11 is 12.9. The lowest BCUT2D eigenvalue weighted by molar-refractivity contribution is -0.274. The molecular weight excluding hydrogens is 796 g/mol. The number of carbonyl (C=O) groups excluding carboxylic acids is 1. The van der Waals surface area contributed by atoms with Crippen LogP contribution in [-0.2, 0) is 24.3 Å². The Morgan fingerprint density at radius 1 is 0.915 bits per heavy atom. The van der Waals surface area contributed by atoms with Gasteiger partial charge in [0.05, 0.1) is 11.1 Å². The normalized spacial score (nSPS) is 17.6. The van der Waals surface area contributed by atoms with Crippen molar-refractivity contribution in [2.45, 2.75) is 96.6 Å². The molecule has 1 aromatic heterocycles. The highest BCUT2D eigenvalue weighted by molar-refractivity contribution is 6.36. The molecule has 3 N–H and O–H groups in total. The summed E-state index contributed by atoms with van der Waals surface area (Å²) in [7, 11) is 0. The lowest BCUT2D eigenvalue weighted by Gasteiger charge is -2.42. The number of piperidine rings is 1. The molecule has 320 valence electrons. The van der Waals surface area contributed by atoms with Gasteiger partial charge in [0.15, 0.2) is 0 Å². The van der Waals surface area contributed by atoms with Gasteiger partial charge >= 0.3 is 6.36 Å². The van der Waals surface area contributed by atoms with Gasteiger partial charge in [-0.1, -0.05) is 81.1 Å². The maximum absolute atomic E-state index is 12.9. The van der Waals surface area contributed by atoms with Gasteiger partial charge in [0.25, 0.3) is 0 Å². The molecular formula is C46H59Cl2F3N6O2. The maximum atomic E-state index is 12.9. The molecule has 8 nitrogen and oxygen atoms in total. The standard InChI is InChI=1S/C42H49Cl2F3N6O2.C4H10/c1-29(41(48)16-19-52(20-17-41)40(54)31-5-2-6-31)49-18-4-7-32-27-53(33-11-13-34(14-12-33)55-42(45,46)47)39-25-30(10-15-35(32)39)26-50-21-23-51(24-22-50)28-36-37(43)8-3-9-38(36)44;1-3-4-2/h3,8-15,25,27,31,49H,1-2,4-7,16-24,26,28,48H2;3-4H2,1-2H3. The Morgan fingerprint density at radius 2 is 1.54 bits per heavy atom. The lowest BCUT2D eigenvalue weighted by Crippen LogP contribution is -2.56. The van der Waals surface area contributed by atoms with Crippen molar-refractivity contribution in [1.82, 2.24) is 24.6 Å². The molecule has 13 heteroatoms. The van der Waals surface area contributed by atoms with E-state index in [4.69, 9.17) is 28.9 Å². The van der Waals surface area contributed by atoms with Crippen molar-refractivity contribution < 1.29 is 22.7 Å². The molecule has 7 rings (SSSR count). The minimum absolute atomic E-state index is 0.195. The van der Waals surface area contributed by atoms with Crippen LogP contribution in [0.25, 0.3) is 16.6 Å². The number of carbonyl (C=O) groups is 1. The number of benzene rings is 3. The molecule has 0 radical (unpaired) electrons. The van der Waals surface area contributed by atoms with Crippen LogP contribution < -0.4 is 15.8 Å². The molecule has 0 atom stereocenters. The molecule has 1 aliphatic carbocycles. The second-order valence-electron chi connectivity index (χ2n) is 16.3. The minimum Gasteiger partial charge on any atom is -0.406 e. The van der Waals surface area contributed by atoms with E-state index in [1.54, 1.807) is 12.1 Å². The van der Waals surface area contributed by atoms with Crippen LogP contribution >= 0.6 is 23.2 Å². The average molecular weight is 856 g/mol. The number of alkyl halides is 3. The van der Waals surface area contributed by atoms with Gasteiger partial charge in [-0.2, -0.15) is 0 Å². The minimum atomic E-state index is -4.76. The van der Waals surface area contributed by atoms with E-state index in [2.05, 4.69) is 69.2 Å². The van der Waals surface area contributed by atoms with Crippen molar-refractivity contribution in [3.8, 4) is 11.4 Å². The van der Waals surface area contributed by atoms with Crippen molar-refractivity contribution in [3.05, 3.63) is 106 Å². The summed E-state index contributed by atoms with van der Waals surface area (Å²) in [6.07, 6.45) is 6.08. The van der Waals surface area contributed by atoms with Gasteiger partial charge < -0.3 is 25.3 Å². The van der Waals surface area contributed by atoms with E-state index < -0.39 is 11.9 Å². The quantitative estimate of drug-likeness (QED) is 0.123. The zero-order chi connectivity index (χ0) is 42.2. The van der Waals surface area contributed by atoms with Gasteiger partial charge in [-0.15, -0.1) is 13.2 Å². The number of unbranched alkanes of at least 4 members (excludes halogenated alkanes) is 1. The topological polar surface area (TPSA) is 79.0 Å². The van der Waals surface area contributed by atoms with Crippen LogP contribution in [0.1, 0.15) is 81.9 Å². The van der Waals surface area contributed by atoms with Crippen LogP contribution in [0.3, 0.4) is 0 Å². The molecule has 4 aromatic rings. The highest BCUT2D eigenvalue weighted by Crippen LogP contribution is 2.33. The first-order valence-electron chi connectivity index (χ1n) is 21.1. The number of nitrogens with one attached hydrogen (secondary N) is 1. The number of halogens is 5. The lowest BCUT2D eigenvalue weighted by atomic mass is 9.82. The van der Waals surface area contributed by atoms with Crippen LogP contribution in [0.15, 0.2) is 79.1 Å². The number of likely N-dealkylation sites (tertiary alicyclic amines) is 1. The van der Waals surface area contributed by atoms with Gasteiger partial charge in [-0.25, -0.2) is 0 Å². The number of ether oxygens (including phenoxy) is 1. The van der Waals surface area contributed by atoms with Crippen LogP contribution in [0.5, 0.6) is 5.75 Å². The van der Waals surface area contributed by atoms with E-state index in [0.29, 0.717) is 49.1 Å². The molecule has 1 amide bonds. The van der Waals surface area contributed by atoms with E-state index in [9.17, 15) is 18.0 Å². The molecule has 2 aliphatic heterocycles. The smallest absolute Gasteiger partial charge is 0.406 e. The maximum Gasteiger partial charge on any atom is 0.573 e. The summed E-state index contributed by atoms with van der Waals surface area (Å²) in [6, 6.07) is 18.1. The predicted molar refractivity (Wildman–Crippen MR) is 233 cm³/mol. The molecule has 0 spiro atoms. The van der Waals surface area contributed by atoms with Crippen LogP contribution in [0.2, 0.25) is 10.0 Å². The first kappa shape index (κ1) is 44.8. The van der Waals surface area contributed by atoms with Gasteiger partial charge in [-0.3, -0.25) is 14.6 Å². The third-order valence-corrected chi connectivity index (χ3v) is 12.8. The Kier molecular flexibility index (Phi) is 15.4. The second-order valence-corrected chi connectivity index (χ2v) is 17.1. The number of nitrogens with two attached hydrogens (primary N) is 1. The number of aromatic nitrogens is 1. The fraction of sp³-hybridized carbons (Fsp3) is 0.500. The van der Waals surface area contributed by atoms with E-state index in [0.717, 1.165) is 104 Å². The van der Waals surface area contributed by atoms with Crippen molar-refractivity contribution in [3.63, 3.8) is 0 Å². The SMILES string of the molecule is C=C(NCCCc1cn(-c2ccc(OC(F)(F)F)cc2)c2cc(CN3CCN(Cc4c(Cl)cccc4Cl)CC3)ccc12)C1(N)CCN(C(=O)C2CCC2)CC1.CCCC. The molecule has 0 bridgehead atoms. The van der Waals surface area contributed by atoms with Gasteiger partial charge in [-0.05, 0) is 92.1 Å². The number of aryl methyl sites for hydroxylation is 1. The highest BCUT2D eigenvalue weighted by Gasteiger charge is 2.38. The largest absolute Gasteiger partial charge is 0.573 e. The third-order valence-electron chi connectivity index (χ3n) is 12.1. The molecule has 3 aromatic carbocycles. The number of hydrogen-bond acceptors (Lipinski definition) is 6. The zero-order valence-corrected chi connectivity index (χ0v) is 35.9. The van der Waals surface area contributed by atoms with E-state index in [1.165, 1.54) is 25.0 Å². The summed E-state index contributed by atoms with van der Waals surface area (Å²) in [5, 5.41) is 5.95. The summed E-state index contributed by atoms with van der Waals surface area (Å²) in [5.74, 6) is 0.211. The zero-order valence-electron chi connectivity index (χ0n) is 34.4. The van der Waals surface area contributed by atoms with E-state index >= 15 is 0 Å². The Bertz CT molecular complexity index is 2000. The second kappa shape index (κ2) is 20.2. The molecule has 3 heterocycles. The number of piperazine rings is 1. The Hall–Kier alpha value is -3.74. The molecule has 59 heavy (non-hydrogen) atoms. The molecule has 0 unspecified atom stereocenters. The first-order valence-corrected chi connectivity index (χ1v) is 21.9. The summed E-state index contributed by atoms with van der Waals surface area (Å²) < 4.78 is 44.9. The molecule has 3 fully saturated rings. The predicted octanol–water partition coefficient (Wildman–Crippen LogP) is 10.1. The Morgan fingerprint density at radius 3 is 2.12 bits per heavy atom. The number of hydrogen-bond donors (Lipinski definition) is 2. The monoisotopic (exact) mass is 854 g/mol. The van der Waals surface area contributed by atoms with E-state index in [-0.39, 0.29) is 17.6 Å². The fourth-order valence-corrected chi connectivity index (χ4v) is 8.49. The van der Waals surface area contributed by atoms with Gasteiger partial charge in [0.1, 0.15) is 5.75 Å². The van der Waals surface area contributed by atoms with Crippen LogP contribution in [-0.4, -0.2) is 82.9 Å². The van der Waals surface area contributed by atoms with Crippen LogP contribution in [0.4, 0.5) is 13.2 Å². The number of amides is 1. The van der Waals surface area contributed by atoms with E-state index in [1.807, 2.05) is 23.1 Å². The number of fused-ring (bicyclic) bond motifs is 1. The fourth-order valence-electron chi connectivity index (χ4n) is 7.97. The molecule has 1 saturated carbocycles. The highest BCUT2D eigenvalue weighted by atomic mass is 35.5. The molecule has 2 saturated heterocycles. The first-order chi connectivity index (χ1) is 28.3. The van der Waals surface area contributed by atoms with Crippen molar-refractivity contribution in [2.75, 3.05) is 45.8 Å². The Labute approximate surface area is 357 Å². The summed E-state index contributed by atoms with van der Waals surface area (Å²) in [5.41, 5.74) is 12.1. The van der Waals surface area contributed by atoms with Crippen molar-refractivity contribution >= 4 is 40.0 Å². The molecule has 3 aliphatic rings. The number of nitrogens with zero attached hydrogens (tertiary/aromatic N) is 4. The summed E-state index contributed by atoms with van der Waals surface area (Å²) in [6.45, 7) is 15.7. The third kappa shape index (κ3) is 11.8. The van der Waals surface area contributed by atoms with Gasteiger partial charge in [0, 0.05) is 103 Å².